The number of aliphatic hydroxyl groups is 5. The van der Waals surface area contributed by atoms with Crippen LogP contribution in [-0.2, 0) is 28.9 Å². The first-order chi connectivity index (χ1) is 26.4. The van der Waals surface area contributed by atoms with E-state index in [0.29, 0.717) is 19.3 Å². The van der Waals surface area contributed by atoms with Crippen LogP contribution in [0.5, 0.6) is 0 Å². The zero-order valence-corrected chi connectivity index (χ0v) is 35.2. The van der Waals surface area contributed by atoms with E-state index in [1.54, 1.807) is 0 Å². The fourth-order valence-electron chi connectivity index (χ4n) is 7.23. The molecule has 1 fully saturated rings. The zero-order chi connectivity index (χ0) is 40.7. The van der Waals surface area contributed by atoms with Gasteiger partial charge in [-0.15, -0.1) is 0 Å². The van der Waals surface area contributed by atoms with Gasteiger partial charge in [-0.05, 0) is 12.8 Å². The molecule has 0 aromatic heterocycles. The van der Waals surface area contributed by atoms with Crippen molar-refractivity contribution in [3.63, 3.8) is 0 Å². The Morgan fingerprint density at radius 2 is 1.05 bits per heavy atom. The van der Waals surface area contributed by atoms with E-state index in [1.165, 1.54) is 103 Å². The van der Waals surface area contributed by atoms with Crippen LogP contribution in [0.15, 0.2) is 0 Å². The summed E-state index contributed by atoms with van der Waals surface area (Å²) in [4.78, 5) is 13.0. The van der Waals surface area contributed by atoms with Gasteiger partial charge in [0.1, 0.15) is 30.5 Å². The molecule has 55 heavy (non-hydrogen) atoms. The number of aliphatic hydroxyl groups excluding tert-OH is 5. The van der Waals surface area contributed by atoms with Gasteiger partial charge in [0.15, 0.2) is 6.29 Å². The molecule has 8 unspecified atom stereocenters. The van der Waals surface area contributed by atoms with E-state index in [-0.39, 0.29) is 6.42 Å². The second-order valence-electron chi connectivity index (χ2n) is 15.8. The molecule has 1 amide bonds. The number of rotatable bonds is 37. The number of unbranched alkanes of at least 4 members (excludes halogenated alkanes) is 24. The van der Waals surface area contributed by atoms with Gasteiger partial charge >= 0.3 is 10.4 Å². The van der Waals surface area contributed by atoms with E-state index in [2.05, 4.69) is 23.3 Å². The molecule has 1 rings (SSSR count). The quantitative estimate of drug-likeness (QED) is 0.0255. The number of nitrogens with one attached hydrogen (secondary N) is 1. The summed E-state index contributed by atoms with van der Waals surface area (Å²) in [6, 6.07) is -1.02. The zero-order valence-electron chi connectivity index (χ0n) is 34.4. The third-order valence-corrected chi connectivity index (χ3v) is 11.2. The van der Waals surface area contributed by atoms with Crippen molar-refractivity contribution < 1.29 is 57.0 Å². The minimum absolute atomic E-state index is 0.265. The molecule has 0 spiro atoms. The number of carbonyl (C=O) groups excluding carboxylic acids is 1. The van der Waals surface area contributed by atoms with E-state index in [9.17, 15) is 38.7 Å². The van der Waals surface area contributed by atoms with Crippen molar-refractivity contribution >= 4 is 16.3 Å². The smallest absolute Gasteiger partial charge is 0.394 e. The normalized spacial score (nSPS) is 22.1. The van der Waals surface area contributed by atoms with Crippen molar-refractivity contribution in [2.75, 3.05) is 13.2 Å². The van der Waals surface area contributed by atoms with Crippen molar-refractivity contribution in [3.8, 4) is 0 Å². The van der Waals surface area contributed by atoms with Gasteiger partial charge in [-0.25, -0.2) is 4.18 Å². The summed E-state index contributed by atoms with van der Waals surface area (Å²) in [5.74, 6) is -0.672. The highest BCUT2D eigenvalue weighted by molar-refractivity contribution is 7.80. The molecule has 0 saturated carbocycles. The van der Waals surface area contributed by atoms with Crippen LogP contribution in [0.25, 0.3) is 0 Å². The highest BCUT2D eigenvalue weighted by Gasteiger charge is 2.48. The van der Waals surface area contributed by atoms with Crippen LogP contribution in [0.3, 0.4) is 0 Å². The van der Waals surface area contributed by atoms with Gasteiger partial charge in [0, 0.05) is 0 Å². The second kappa shape index (κ2) is 33.0. The maximum atomic E-state index is 13.0. The molecule has 1 saturated heterocycles. The van der Waals surface area contributed by atoms with Crippen LogP contribution in [0.2, 0.25) is 0 Å². The van der Waals surface area contributed by atoms with Crippen molar-refractivity contribution in [2.45, 2.75) is 243 Å². The van der Waals surface area contributed by atoms with Crippen LogP contribution in [0.4, 0.5) is 0 Å². The molecule has 1 aliphatic rings. The summed E-state index contributed by atoms with van der Waals surface area (Å²) in [7, 11) is -5.10. The lowest BCUT2D eigenvalue weighted by Gasteiger charge is -2.41. The molecule has 1 aliphatic heterocycles. The number of hydrogen-bond donors (Lipinski definition) is 7. The second-order valence-corrected chi connectivity index (χ2v) is 16.8. The first-order valence-corrected chi connectivity index (χ1v) is 23.4. The lowest BCUT2D eigenvalue weighted by Crippen LogP contribution is -2.61. The molecular formula is C41H81NO12S. The molecular weight excluding hydrogens is 731 g/mol. The Bertz CT molecular complexity index is 1020. The predicted octanol–water partition coefficient (Wildman–Crippen LogP) is 6.80. The Hall–Kier alpha value is -0.940. The van der Waals surface area contributed by atoms with Crippen LogP contribution in [0, 0.1) is 0 Å². The van der Waals surface area contributed by atoms with E-state index in [1.807, 2.05) is 0 Å². The molecule has 8 atom stereocenters. The molecule has 14 heteroatoms. The van der Waals surface area contributed by atoms with Gasteiger partial charge in [-0.1, -0.05) is 181 Å². The fourth-order valence-corrected chi connectivity index (χ4v) is 7.74. The SMILES string of the molecule is CCCCCCCCCCCCCCCCCCCCCCC(O)C(=O)NC(COC1OC(CO)C(O)C(OS(=O)(=O)O)C1O)C(O)CCCCCCCC. The van der Waals surface area contributed by atoms with Gasteiger partial charge in [-0.2, -0.15) is 8.42 Å². The third kappa shape index (κ3) is 25.9. The van der Waals surface area contributed by atoms with E-state index in [4.69, 9.17) is 14.0 Å². The molecule has 1 heterocycles. The maximum Gasteiger partial charge on any atom is 0.397 e. The summed E-state index contributed by atoms with van der Waals surface area (Å²) in [6.45, 7) is 3.19. The molecule has 7 N–H and O–H groups in total. The third-order valence-electron chi connectivity index (χ3n) is 10.8. The number of carbonyl (C=O) groups is 1. The van der Waals surface area contributed by atoms with Crippen molar-refractivity contribution in [3.05, 3.63) is 0 Å². The first kappa shape index (κ1) is 52.1. The summed E-state index contributed by atoms with van der Waals surface area (Å²) in [5.41, 5.74) is 0. The Kier molecular flexibility index (Phi) is 31.2. The van der Waals surface area contributed by atoms with Gasteiger partial charge < -0.3 is 40.3 Å². The summed E-state index contributed by atoms with van der Waals surface area (Å²) in [6.07, 6.45) is 20.7. The lowest BCUT2D eigenvalue weighted by atomic mass is 9.99. The van der Waals surface area contributed by atoms with E-state index >= 15 is 0 Å². The molecule has 328 valence electrons. The Morgan fingerprint density at radius 3 is 1.45 bits per heavy atom. The first-order valence-electron chi connectivity index (χ1n) is 22.0. The average Bonchev–Trinajstić information content (AvgIpc) is 3.15. The minimum atomic E-state index is -5.10. The number of ether oxygens (including phenoxy) is 2. The standard InChI is InChI=1S/C41H81NO12S/c1-3-5-7-9-11-12-13-14-15-16-17-18-19-20-21-22-23-24-26-28-30-35(45)40(48)42-33(34(44)29-27-25-10-8-6-4-2)32-52-41-38(47)39(54-55(49,50)51)37(46)36(31-43)53-41/h33-39,41,43-47H,3-32H2,1-2H3,(H,42,48)(H,49,50,51). The monoisotopic (exact) mass is 812 g/mol. The Labute approximate surface area is 333 Å². The summed E-state index contributed by atoms with van der Waals surface area (Å²) in [5, 5.41) is 54.9. The van der Waals surface area contributed by atoms with Crippen LogP contribution < -0.4 is 5.32 Å². The molecule has 0 aromatic rings. The largest absolute Gasteiger partial charge is 0.397 e. The Morgan fingerprint density at radius 1 is 0.655 bits per heavy atom. The van der Waals surface area contributed by atoms with Gasteiger partial charge in [0.25, 0.3) is 0 Å². The van der Waals surface area contributed by atoms with Crippen molar-refractivity contribution in [2.24, 2.45) is 0 Å². The summed E-state index contributed by atoms with van der Waals surface area (Å²) >= 11 is 0. The maximum absolute atomic E-state index is 13.0. The highest BCUT2D eigenvalue weighted by Crippen LogP contribution is 2.26. The summed E-state index contributed by atoms with van der Waals surface area (Å²) < 4.78 is 47.3. The predicted molar refractivity (Wildman–Crippen MR) is 215 cm³/mol. The number of hydrogen-bond acceptors (Lipinski definition) is 11. The molecule has 0 aromatic carbocycles. The molecule has 0 aliphatic carbocycles. The molecule has 0 radical (unpaired) electrons. The molecule has 0 bridgehead atoms. The van der Waals surface area contributed by atoms with Crippen molar-refractivity contribution in [1.82, 2.24) is 5.32 Å². The number of amides is 1. The van der Waals surface area contributed by atoms with E-state index in [0.717, 1.165) is 51.4 Å². The van der Waals surface area contributed by atoms with Crippen LogP contribution >= 0.6 is 0 Å². The lowest BCUT2D eigenvalue weighted by molar-refractivity contribution is -0.298. The van der Waals surface area contributed by atoms with Gasteiger partial charge in [0.05, 0.1) is 25.4 Å². The minimum Gasteiger partial charge on any atom is -0.394 e. The van der Waals surface area contributed by atoms with E-state index < -0.39 is 78.5 Å². The van der Waals surface area contributed by atoms with Gasteiger partial charge in [0.2, 0.25) is 5.91 Å². The van der Waals surface area contributed by atoms with Gasteiger partial charge in [-0.3, -0.25) is 9.35 Å². The molecule has 13 nitrogen and oxygen atoms in total. The van der Waals surface area contributed by atoms with Crippen molar-refractivity contribution in [1.29, 1.82) is 0 Å². The fraction of sp³-hybridized carbons (Fsp3) is 0.976. The highest BCUT2D eigenvalue weighted by atomic mass is 32.3. The average molecular weight is 812 g/mol. The topological polar surface area (TPSA) is 212 Å². The Balaban J connectivity index is 2.40. The van der Waals surface area contributed by atoms with Crippen LogP contribution in [0.1, 0.15) is 194 Å². The van der Waals surface area contributed by atoms with Crippen LogP contribution in [-0.4, -0.2) is 107 Å².